The van der Waals surface area contributed by atoms with Crippen LogP contribution in [0.5, 0.6) is 0 Å². The topological polar surface area (TPSA) is 141 Å². The minimum Gasteiger partial charge on any atom is -0.480 e. The normalized spacial score (nSPS) is 11.9. The lowest BCUT2D eigenvalue weighted by Gasteiger charge is -2.16. The number of aromatic nitrogens is 5. The second-order valence-corrected chi connectivity index (χ2v) is 9.73. The number of carboxylic acids is 1. The van der Waals surface area contributed by atoms with Crippen molar-refractivity contribution in [1.82, 2.24) is 29.0 Å². The van der Waals surface area contributed by atoms with Crippen molar-refractivity contribution in [3.8, 4) is 11.4 Å². The van der Waals surface area contributed by atoms with Gasteiger partial charge in [0, 0.05) is 32.1 Å². The van der Waals surface area contributed by atoms with Gasteiger partial charge in [-0.05, 0) is 35.9 Å². The molecule has 11 nitrogen and oxygen atoms in total. The number of hydrogen-bond donors (Lipinski definition) is 2. The van der Waals surface area contributed by atoms with Crippen LogP contribution in [0.15, 0.2) is 77.0 Å². The number of aryl methyl sites for hydroxylation is 1. The van der Waals surface area contributed by atoms with Crippen molar-refractivity contribution in [2.75, 3.05) is 0 Å². The largest absolute Gasteiger partial charge is 0.480 e. The van der Waals surface area contributed by atoms with Gasteiger partial charge >= 0.3 is 11.7 Å². The number of rotatable bonds is 7. The van der Waals surface area contributed by atoms with Crippen LogP contribution in [0, 0.1) is 5.82 Å². The van der Waals surface area contributed by atoms with E-state index in [1.54, 1.807) is 0 Å². The molecule has 1 atom stereocenters. The molecule has 0 unspecified atom stereocenters. The number of fused-ring (bicyclic) bond motifs is 1. The van der Waals surface area contributed by atoms with Gasteiger partial charge in [0.05, 0.1) is 39.2 Å². The van der Waals surface area contributed by atoms with E-state index in [1.807, 2.05) is 0 Å². The lowest BCUT2D eigenvalue weighted by Crippen LogP contribution is -2.42. The van der Waals surface area contributed by atoms with Crippen molar-refractivity contribution in [3.05, 3.63) is 115 Å². The first-order valence-electron chi connectivity index (χ1n) is 11.9. The molecular weight excluding hydrogens is 578 g/mol. The highest BCUT2D eigenvalue weighted by Gasteiger charge is 2.24. The molecule has 1 amide bonds. The summed E-state index contributed by atoms with van der Waals surface area (Å²) in [5, 5.41) is 11.9. The molecule has 0 spiro atoms. The van der Waals surface area contributed by atoms with Gasteiger partial charge in [-0.2, -0.15) is 0 Å². The summed E-state index contributed by atoms with van der Waals surface area (Å²) in [6, 6.07) is 8.40. The van der Waals surface area contributed by atoms with Crippen molar-refractivity contribution in [2.45, 2.75) is 12.5 Å². The molecule has 0 aliphatic carbocycles. The SMILES string of the molecule is Cn1c(=O)n(-c2ccc(C[C@H](NC(=O)c3c(Cl)ccnc3Cl)C(=O)O)cc2)c(=O)c2cc(F)c(-n3ccnc3)cc21. The summed E-state index contributed by atoms with van der Waals surface area (Å²) in [6.07, 6.45) is 5.58. The number of aliphatic carboxylic acids is 1. The molecule has 5 aromatic rings. The zero-order valence-corrected chi connectivity index (χ0v) is 22.6. The molecule has 41 heavy (non-hydrogen) atoms. The number of benzene rings is 2. The van der Waals surface area contributed by atoms with Crippen molar-refractivity contribution >= 4 is 46.0 Å². The van der Waals surface area contributed by atoms with Gasteiger partial charge in [-0.1, -0.05) is 35.3 Å². The quantitative estimate of drug-likeness (QED) is 0.275. The number of carbonyl (C=O) groups is 2. The van der Waals surface area contributed by atoms with Crippen molar-refractivity contribution in [3.63, 3.8) is 0 Å². The van der Waals surface area contributed by atoms with Gasteiger partial charge in [-0.25, -0.2) is 28.5 Å². The molecule has 3 aromatic heterocycles. The van der Waals surface area contributed by atoms with Crippen LogP contribution < -0.4 is 16.6 Å². The zero-order valence-electron chi connectivity index (χ0n) is 21.1. The number of carbonyl (C=O) groups excluding carboxylic acids is 1. The predicted octanol–water partition coefficient (Wildman–Crippen LogP) is 3.14. The van der Waals surface area contributed by atoms with Crippen LogP contribution in [0.2, 0.25) is 10.2 Å². The first-order chi connectivity index (χ1) is 19.6. The van der Waals surface area contributed by atoms with Gasteiger partial charge in [0.25, 0.3) is 11.5 Å². The number of halogens is 3. The van der Waals surface area contributed by atoms with E-state index < -0.39 is 35.0 Å². The average Bonchev–Trinajstić information content (AvgIpc) is 3.47. The second kappa shape index (κ2) is 11.0. The number of pyridine rings is 1. The number of amides is 1. The van der Waals surface area contributed by atoms with E-state index in [1.165, 1.54) is 77.5 Å². The molecule has 0 saturated heterocycles. The summed E-state index contributed by atoms with van der Waals surface area (Å²) in [4.78, 5) is 58.8. The van der Waals surface area contributed by atoms with Crippen molar-refractivity contribution in [1.29, 1.82) is 0 Å². The Morgan fingerprint density at radius 2 is 1.83 bits per heavy atom. The monoisotopic (exact) mass is 596 g/mol. The molecule has 0 fully saturated rings. The summed E-state index contributed by atoms with van der Waals surface area (Å²) in [5.41, 5.74) is -0.534. The molecule has 0 bridgehead atoms. The van der Waals surface area contributed by atoms with Crippen LogP contribution in [0.1, 0.15) is 15.9 Å². The first-order valence-corrected chi connectivity index (χ1v) is 12.7. The molecule has 0 saturated carbocycles. The van der Waals surface area contributed by atoms with E-state index in [-0.39, 0.29) is 44.4 Å². The maximum atomic E-state index is 14.9. The Labute approximate surface area is 240 Å². The minimum absolute atomic E-state index is 0.0104. The Hall–Kier alpha value is -4.81. The third-order valence-corrected chi connectivity index (χ3v) is 7.04. The van der Waals surface area contributed by atoms with Crippen molar-refractivity contribution in [2.24, 2.45) is 7.05 Å². The predicted molar refractivity (Wildman–Crippen MR) is 149 cm³/mol. The Kier molecular flexibility index (Phi) is 7.43. The highest BCUT2D eigenvalue weighted by Crippen LogP contribution is 2.23. The summed E-state index contributed by atoms with van der Waals surface area (Å²) in [7, 11) is 1.46. The van der Waals surface area contributed by atoms with Crippen LogP contribution in [0.25, 0.3) is 22.3 Å². The van der Waals surface area contributed by atoms with E-state index in [2.05, 4.69) is 15.3 Å². The average molecular weight is 597 g/mol. The zero-order chi connectivity index (χ0) is 29.4. The number of nitrogens with zero attached hydrogens (tertiary/aromatic N) is 5. The maximum absolute atomic E-state index is 14.9. The molecule has 14 heteroatoms. The van der Waals surface area contributed by atoms with E-state index in [0.717, 1.165) is 10.6 Å². The van der Waals surface area contributed by atoms with Crippen LogP contribution in [-0.2, 0) is 18.3 Å². The number of hydrogen-bond acceptors (Lipinski definition) is 6. The first kappa shape index (κ1) is 27.7. The number of nitrogens with one attached hydrogen (secondary N) is 1. The van der Waals surface area contributed by atoms with Crippen LogP contribution in [0.4, 0.5) is 4.39 Å². The third-order valence-electron chi connectivity index (χ3n) is 6.44. The summed E-state index contributed by atoms with van der Waals surface area (Å²) in [5.74, 6) is -2.80. The Morgan fingerprint density at radius 3 is 2.46 bits per heavy atom. The van der Waals surface area contributed by atoms with Crippen molar-refractivity contribution < 1.29 is 19.1 Å². The number of carboxylic acid groups (broad SMARTS) is 1. The Morgan fingerprint density at radius 1 is 1.10 bits per heavy atom. The smallest absolute Gasteiger partial charge is 0.335 e. The molecule has 2 N–H and O–H groups in total. The molecule has 208 valence electrons. The van der Waals surface area contributed by atoms with Gasteiger partial charge in [-0.3, -0.25) is 14.2 Å². The number of imidazole rings is 1. The molecule has 0 aliphatic rings. The van der Waals surface area contributed by atoms with E-state index in [4.69, 9.17) is 23.2 Å². The minimum atomic E-state index is -1.36. The Balaban J connectivity index is 1.45. The molecule has 2 aromatic carbocycles. The third kappa shape index (κ3) is 5.22. The van der Waals surface area contributed by atoms with Crippen LogP contribution >= 0.6 is 23.2 Å². The molecule has 5 rings (SSSR count). The van der Waals surface area contributed by atoms with Crippen LogP contribution in [-0.4, -0.2) is 46.7 Å². The standard InChI is InChI=1S/C27H19Cl2FN6O5/c1-34-20-12-21(35-9-8-31-13-35)18(30)11-16(20)25(38)36(27(34)41)15-4-2-14(3-5-15)10-19(26(39)40)33-24(37)22-17(28)6-7-32-23(22)29/h2-9,11-13,19H,10H2,1H3,(H,33,37)(H,39,40)/t19-/m0/s1. The maximum Gasteiger partial charge on any atom is 0.335 e. The molecule has 0 radical (unpaired) electrons. The summed E-state index contributed by atoms with van der Waals surface area (Å²) in [6.45, 7) is 0. The van der Waals surface area contributed by atoms with E-state index >= 15 is 0 Å². The van der Waals surface area contributed by atoms with Gasteiger partial charge in [0.2, 0.25) is 0 Å². The lowest BCUT2D eigenvalue weighted by molar-refractivity contribution is -0.139. The van der Waals surface area contributed by atoms with Gasteiger partial charge in [-0.15, -0.1) is 0 Å². The van der Waals surface area contributed by atoms with Gasteiger partial charge < -0.3 is 15.0 Å². The van der Waals surface area contributed by atoms with Gasteiger partial charge in [0.15, 0.2) is 0 Å². The van der Waals surface area contributed by atoms with Gasteiger partial charge in [0.1, 0.15) is 17.0 Å². The van der Waals surface area contributed by atoms with Crippen LogP contribution in [0.3, 0.4) is 0 Å². The lowest BCUT2D eigenvalue weighted by atomic mass is 10.0. The molecule has 3 heterocycles. The molecular formula is C27H19Cl2FN6O5. The summed E-state index contributed by atoms with van der Waals surface area (Å²) >= 11 is 12.0. The fraction of sp³-hybridized carbons (Fsp3) is 0.111. The Bertz CT molecular complexity index is 1920. The highest BCUT2D eigenvalue weighted by molar-refractivity contribution is 6.39. The van der Waals surface area contributed by atoms with E-state index in [9.17, 15) is 28.7 Å². The summed E-state index contributed by atoms with van der Waals surface area (Å²) < 4.78 is 18.5. The fourth-order valence-electron chi connectivity index (χ4n) is 4.35. The fourth-order valence-corrected chi connectivity index (χ4v) is 4.88. The molecule has 0 aliphatic heterocycles. The highest BCUT2D eigenvalue weighted by atomic mass is 35.5. The van der Waals surface area contributed by atoms with E-state index in [0.29, 0.717) is 5.56 Å². The second-order valence-electron chi connectivity index (χ2n) is 8.97.